The first kappa shape index (κ1) is 27.3. The smallest absolute Gasteiger partial charge is 0.305 e. The van der Waals surface area contributed by atoms with Crippen molar-refractivity contribution < 1.29 is 19.4 Å². The summed E-state index contributed by atoms with van der Waals surface area (Å²) in [5.74, 6) is -0.422. The van der Waals surface area contributed by atoms with E-state index < -0.39 is 17.6 Å². The Bertz CT molecular complexity index is 1290. The first-order valence-electron chi connectivity index (χ1n) is 13.1. The number of anilines is 1. The van der Waals surface area contributed by atoms with E-state index in [2.05, 4.69) is 21.8 Å². The van der Waals surface area contributed by atoms with Crippen LogP contribution in [0.25, 0.3) is 0 Å². The molecule has 1 unspecified atom stereocenters. The second kappa shape index (κ2) is 11.8. The van der Waals surface area contributed by atoms with Crippen molar-refractivity contribution >= 4 is 17.7 Å². The van der Waals surface area contributed by atoms with Crippen LogP contribution in [0.1, 0.15) is 78.1 Å². The number of hydrogen-bond donors (Lipinski definition) is 3. The third-order valence-electron chi connectivity index (χ3n) is 6.50. The summed E-state index contributed by atoms with van der Waals surface area (Å²) in [5.41, 5.74) is 4.52. The fourth-order valence-corrected chi connectivity index (χ4v) is 4.51. The molecule has 38 heavy (non-hydrogen) atoms. The molecule has 1 atom stereocenters. The number of aromatic nitrogens is 3. The third-order valence-corrected chi connectivity index (χ3v) is 6.50. The van der Waals surface area contributed by atoms with Crippen molar-refractivity contribution in [2.75, 3.05) is 11.9 Å². The van der Waals surface area contributed by atoms with E-state index in [0.717, 1.165) is 42.0 Å². The number of carboxylic acid groups (broad SMARTS) is 1. The molecule has 0 aliphatic carbocycles. The normalized spacial score (nSPS) is 13.9. The fraction of sp³-hybridized carbons (Fsp3) is 0.448. The number of carboxylic acids is 1. The summed E-state index contributed by atoms with van der Waals surface area (Å²) in [6.07, 6.45) is 4.10. The summed E-state index contributed by atoms with van der Waals surface area (Å²) in [6.45, 7) is 9.45. The van der Waals surface area contributed by atoms with Crippen molar-refractivity contribution in [1.82, 2.24) is 20.1 Å². The molecule has 9 nitrogen and oxygen atoms in total. The number of amides is 1. The maximum atomic E-state index is 13.5. The lowest BCUT2D eigenvalue weighted by molar-refractivity contribution is -0.137. The van der Waals surface area contributed by atoms with Crippen LogP contribution < -0.4 is 10.6 Å². The molecule has 1 aliphatic rings. The molecule has 202 valence electrons. The van der Waals surface area contributed by atoms with E-state index in [1.54, 1.807) is 4.68 Å². The molecule has 1 amide bonds. The van der Waals surface area contributed by atoms with Gasteiger partial charge in [0.05, 0.1) is 42.1 Å². The Kier molecular flexibility index (Phi) is 8.46. The number of fused-ring (bicyclic) bond motifs is 1. The van der Waals surface area contributed by atoms with Crippen LogP contribution in [-0.4, -0.2) is 43.9 Å². The summed E-state index contributed by atoms with van der Waals surface area (Å²) >= 11 is 0. The number of carbonyl (C=O) groups excluding carboxylic acids is 1. The molecule has 1 aliphatic heterocycles. The topological polar surface area (TPSA) is 118 Å². The van der Waals surface area contributed by atoms with E-state index in [0.29, 0.717) is 24.2 Å². The van der Waals surface area contributed by atoms with Crippen molar-refractivity contribution in [3.05, 3.63) is 76.2 Å². The van der Waals surface area contributed by atoms with E-state index in [9.17, 15) is 14.7 Å². The van der Waals surface area contributed by atoms with Gasteiger partial charge in [-0.2, -0.15) is 5.10 Å². The lowest BCUT2D eigenvalue weighted by Gasteiger charge is -2.21. The Morgan fingerprint density at radius 1 is 1.24 bits per heavy atom. The van der Waals surface area contributed by atoms with Crippen molar-refractivity contribution in [2.45, 2.75) is 78.2 Å². The minimum atomic E-state index is -0.990. The van der Waals surface area contributed by atoms with Gasteiger partial charge >= 0.3 is 5.97 Å². The molecule has 0 saturated carbocycles. The van der Waals surface area contributed by atoms with Crippen LogP contribution in [0.2, 0.25) is 0 Å². The number of pyridine rings is 1. The lowest BCUT2D eigenvalue weighted by Crippen LogP contribution is -2.31. The van der Waals surface area contributed by atoms with Gasteiger partial charge in [-0.05, 0) is 57.7 Å². The van der Waals surface area contributed by atoms with Gasteiger partial charge in [-0.3, -0.25) is 14.3 Å². The van der Waals surface area contributed by atoms with Crippen LogP contribution in [-0.2, 0) is 35.5 Å². The van der Waals surface area contributed by atoms with Crippen LogP contribution in [0, 0.1) is 6.92 Å². The predicted octanol–water partition coefficient (Wildman–Crippen LogP) is 4.45. The molecule has 9 heteroatoms. The molecule has 1 aromatic carbocycles. The molecule has 3 heterocycles. The van der Waals surface area contributed by atoms with E-state index in [-0.39, 0.29) is 18.9 Å². The van der Waals surface area contributed by atoms with Crippen LogP contribution in [0.3, 0.4) is 0 Å². The van der Waals surface area contributed by atoms with Crippen molar-refractivity contribution in [3.63, 3.8) is 0 Å². The van der Waals surface area contributed by atoms with Crippen molar-refractivity contribution in [2.24, 2.45) is 0 Å². The van der Waals surface area contributed by atoms with Gasteiger partial charge in [0.15, 0.2) is 0 Å². The molecule has 0 bridgehead atoms. The number of carbonyl (C=O) groups is 2. The number of nitrogens with zero attached hydrogens (tertiary/aromatic N) is 3. The van der Waals surface area contributed by atoms with Gasteiger partial charge in [0, 0.05) is 25.2 Å². The molecule has 0 fully saturated rings. The minimum Gasteiger partial charge on any atom is -0.481 e. The highest BCUT2D eigenvalue weighted by Gasteiger charge is 2.24. The van der Waals surface area contributed by atoms with Gasteiger partial charge in [0.2, 0.25) is 0 Å². The lowest BCUT2D eigenvalue weighted by atomic mass is 10.0. The fourth-order valence-electron chi connectivity index (χ4n) is 4.51. The Morgan fingerprint density at radius 3 is 2.79 bits per heavy atom. The number of nitrogens with one attached hydrogen (secondary N) is 2. The van der Waals surface area contributed by atoms with Gasteiger partial charge in [-0.25, -0.2) is 4.98 Å². The first-order chi connectivity index (χ1) is 18.1. The summed E-state index contributed by atoms with van der Waals surface area (Å²) in [5, 5.41) is 20.3. The third kappa shape index (κ3) is 7.19. The highest BCUT2D eigenvalue weighted by Crippen LogP contribution is 2.23. The Morgan fingerprint density at radius 2 is 2.05 bits per heavy atom. The molecule has 3 N–H and O–H groups in total. The van der Waals surface area contributed by atoms with E-state index in [1.807, 2.05) is 58.0 Å². The number of ether oxygens (including phenoxy) is 1. The average molecular weight is 520 g/mol. The van der Waals surface area contributed by atoms with Crippen LogP contribution in [0.5, 0.6) is 0 Å². The summed E-state index contributed by atoms with van der Waals surface area (Å²) in [6, 6.07) is 11.0. The van der Waals surface area contributed by atoms with Crippen molar-refractivity contribution in [3.8, 4) is 0 Å². The quantitative estimate of drug-likeness (QED) is 0.362. The number of aryl methyl sites for hydroxylation is 4. The molecular formula is C29H37N5O4. The highest BCUT2D eigenvalue weighted by atomic mass is 16.5. The molecule has 3 aromatic rings. The van der Waals surface area contributed by atoms with E-state index >= 15 is 0 Å². The monoisotopic (exact) mass is 519 g/mol. The molecule has 2 aromatic heterocycles. The maximum absolute atomic E-state index is 13.5. The first-order valence-corrected chi connectivity index (χ1v) is 13.1. The van der Waals surface area contributed by atoms with Gasteiger partial charge < -0.3 is 20.5 Å². The van der Waals surface area contributed by atoms with Gasteiger partial charge in [-0.1, -0.05) is 35.9 Å². The summed E-state index contributed by atoms with van der Waals surface area (Å²) in [4.78, 5) is 29.8. The van der Waals surface area contributed by atoms with Gasteiger partial charge in [0.25, 0.3) is 5.91 Å². The largest absolute Gasteiger partial charge is 0.481 e. The standard InChI is InChI=1S/C29H37N5O4/c1-19-7-5-8-21(15-19)24(16-26(35)36)33-28(37)23-17-31-34(25(23)18-38-29(2,3)4)14-12-22-11-10-20-9-6-13-30-27(20)32-22/h5,7-8,10-11,15,17,24H,6,9,12-14,16,18H2,1-4H3,(H,30,32)(H,33,37)(H,35,36). The zero-order valence-electron chi connectivity index (χ0n) is 22.6. The number of hydrogen-bond acceptors (Lipinski definition) is 6. The highest BCUT2D eigenvalue weighted by molar-refractivity contribution is 5.95. The van der Waals surface area contributed by atoms with Crippen LogP contribution >= 0.6 is 0 Å². The van der Waals surface area contributed by atoms with Gasteiger partial charge in [-0.15, -0.1) is 0 Å². The molecule has 4 rings (SSSR count). The Balaban J connectivity index is 1.55. The van der Waals surface area contributed by atoms with Crippen molar-refractivity contribution in [1.29, 1.82) is 0 Å². The zero-order valence-corrected chi connectivity index (χ0v) is 22.6. The molecule has 0 radical (unpaired) electrons. The molecule has 0 saturated heterocycles. The number of aliphatic carboxylic acids is 1. The molecular weight excluding hydrogens is 482 g/mol. The second-order valence-corrected chi connectivity index (χ2v) is 10.8. The Hall–Kier alpha value is -3.72. The zero-order chi connectivity index (χ0) is 27.3. The van der Waals surface area contributed by atoms with E-state index in [4.69, 9.17) is 9.72 Å². The molecule has 0 spiro atoms. The average Bonchev–Trinajstić information content (AvgIpc) is 3.28. The number of benzene rings is 1. The van der Waals surface area contributed by atoms with Crippen LogP contribution in [0.4, 0.5) is 5.82 Å². The van der Waals surface area contributed by atoms with E-state index in [1.165, 1.54) is 11.8 Å². The maximum Gasteiger partial charge on any atom is 0.305 e. The minimum absolute atomic E-state index is 0.194. The SMILES string of the molecule is Cc1cccc(C(CC(=O)O)NC(=O)c2cnn(CCc3ccc4c(n3)NCCC4)c2COC(C)(C)C)c1. The number of rotatable bonds is 10. The predicted molar refractivity (Wildman–Crippen MR) is 145 cm³/mol. The van der Waals surface area contributed by atoms with Crippen LogP contribution in [0.15, 0.2) is 42.6 Å². The van der Waals surface area contributed by atoms with Gasteiger partial charge in [0.1, 0.15) is 5.82 Å². The summed E-state index contributed by atoms with van der Waals surface area (Å²) < 4.78 is 7.83. The second-order valence-electron chi connectivity index (χ2n) is 10.8. The summed E-state index contributed by atoms with van der Waals surface area (Å²) in [7, 11) is 0. The Labute approximate surface area is 223 Å².